The van der Waals surface area contributed by atoms with Gasteiger partial charge in [-0.05, 0) is 37.6 Å². The molecule has 5 heteroatoms. The molecule has 0 unspecified atom stereocenters. The van der Waals surface area contributed by atoms with Crippen molar-refractivity contribution < 1.29 is 8.78 Å². The number of halogens is 2. The molecule has 0 radical (unpaired) electrons. The summed E-state index contributed by atoms with van der Waals surface area (Å²) in [5.41, 5.74) is 1.16. The smallest absolute Gasteiger partial charge is 0.130 e. The highest BCUT2D eigenvalue weighted by Gasteiger charge is 2.23. The van der Waals surface area contributed by atoms with Crippen molar-refractivity contribution in [3.63, 3.8) is 0 Å². The molecule has 0 bridgehead atoms. The zero-order valence-electron chi connectivity index (χ0n) is 11.7. The Morgan fingerprint density at radius 2 is 2.00 bits per heavy atom. The normalized spacial score (nSPS) is 19.6. The Balaban J connectivity index is 1.72. The maximum atomic E-state index is 13.7. The topological polar surface area (TPSA) is 29.0 Å². The molecule has 0 spiro atoms. The highest BCUT2D eigenvalue weighted by atomic mass is 19.1. The van der Waals surface area contributed by atoms with Crippen molar-refractivity contribution >= 4 is 0 Å². The molecule has 3 rings (SSSR count). The van der Waals surface area contributed by atoms with E-state index in [2.05, 4.69) is 14.9 Å². The van der Waals surface area contributed by atoms with Gasteiger partial charge in [-0.2, -0.15) is 0 Å². The molecular weight excluding hydrogens is 272 g/mol. The van der Waals surface area contributed by atoms with E-state index in [0.717, 1.165) is 31.6 Å². The van der Waals surface area contributed by atoms with Gasteiger partial charge < -0.3 is 0 Å². The van der Waals surface area contributed by atoms with Gasteiger partial charge in [-0.1, -0.05) is 6.07 Å². The molecule has 3 nitrogen and oxygen atoms in total. The lowest BCUT2D eigenvalue weighted by molar-refractivity contribution is 0.194. The van der Waals surface area contributed by atoms with Gasteiger partial charge in [-0.3, -0.25) is 4.90 Å². The second-order valence-electron chi connectivity index (χ2n) is 5.41. The summed E-state index contributed by atoms with van der Waals surface area (Å²) in [5.74, 6) is -0.644. The standard InChI is InChI=1S/C16H17F2N3/c17-14-4-1-5-15(18)13(14)10-21-8-2-3-12(9-21)16-6-7-19-11-20-16/h1,4-7,11-12H,2-3,8-10H2/t12-/m0/s1. The maximum Gasteiger partial charge on any atom is 0.130 e. The van der Waals surface area contributed by atoms with E-state index >= 15 is 0 Å². The van der Waals surface area contributed by atoms with Crippen molar-refractivity contribution in [2.45, 2.75) is 25.3 Å². The van der Waals surface area contributed by atoms with Crippen LogP contribution in [0, 0.1) is 11.6 Å². The zero-order valence-corrected chi connectivity index (χ0v) is 11.7. The minimum atomic E-state index is -0.473. The van der Waals surface area contributed by atoms with Gasteiger partial charge in [0.2, 0.25) is 0 Å². The number of nitrogens with zero attached hydrogens (tertiary/aromatic N) is 3. The number of piperidine rings is 1. The average Bonchev–Trinajstić information content (AvgIpc) is 2.52. The first-order valence-electron chi connectivity index (χ1n) is 7.15. The van der Waals surface area contributed by atoms with Gasteiger partial charge in [0.1, 0.15) is 18.0 Å². The second-order valence-corrected chi connectivity index (χ2v) is 5.41. The summed E-state index contributed by atoms with van der Waals surface area (Å²) in [7, 11) is 0. The fraction of sp³-hybridized carbons (Fsp3) is 0.375. The second kappa shape index (κ2) is 6.26. The van der Waals surface area contributed by atoms with Gasteiger partial charge >= 0.3 is 0 Å². The lowest BCUT2D eigenvalue weighted by Crippen LogP contribution is -2.34. The van der Waals surface area contributed by atoms with Crippen molar-refractivity contribution in [3.8, 4) is 0 Å². The van der Waals surface area contributed by atoms with Crippen LogP contribution in [0.1, 0.15) is 30.0 Å². The number of benzene rings is 1. The van der Waals surface area contributed by atoms with E-state index in [-0.39, 0.29) is 5.56 Å². The Kier molecular flexibility index (Phi) is 4.20. The first-order valence-corrected chi connectivity index (χ1v) is 7.15. The number of hydrogen-bond donors (Lipinski definition) is 0. The van der Waals surface area contributed by atoms with Gasteiger partial charge in [-0.15, -0.1) is 0 Å². The van der Waals surface area contributed by atoms with Crippen molar-refractivity contribution in [1.29, 1.82) is 0 Å². The predicted molar refractivity (Wildman–Crippen MR) is 75.6 cm³/mol. The van der Waals surface area contributed by atoms with Gasteiger partial charge in [0.15, 0.2) is 0 Å². The zero-order chi connectivity index (χ0) is 14.7. The van der Waals surface area contributed by atoms with Crippen LogP contribution in [0.25, 0.3) is 0 Å². The van der Waals surface area contributed by atoms with E-state index in [1.165, 1.54) is 18.2 Å². The largest absolute Gasteiger partial charge is 0.298 e. The van der Waals surface area contributed by atoms with Crippen LogP contribution >= 0.6 is 0 Å². The van der Waals surface area contributed by atoms with Crippen LogP contribution in [-0.4, -0.2) is 28.0 Å². The van der Waals surface area contributed by atoms with Crippen LogP contribution in [0.4, 0.5) is 8.78 Å². The third-order valence-corrected chi connectivity index (χ3v) is 3.97. The summed E-state index contributed by atoms with van der Waals surface area (Å²) in [6.07, 6.45) is 5.33. The van der Waals surface area contributed by atoms with Crippen LogP contribution in [-0.2, 0) is 6.54 Å². The molecule has 2 aromatic rings. The van der Waals surface area contributed by atoms with Crippen LogP contribution in [0.2, 0.25) is 0 Å². The van der Waals surface area contributed by atoms with Crippen LogP contribution in [0.3, 0.4) is 0 Å². The molecule has 1 atom stereocenters. The Labute approximate surface area is 122 Å². The summed E-state index contributed by atoms with van der Waals surface area (Å²) in [4.78, 5) is 10.3. The van der Waals surface area contributed by atoms with Crippen LogP contribution < -0.4 is 0 Å². The molecule has 110 valence electrons. The molecule has 2 heterocycles. The molecule has 0 N–H and O–H groups in total. The molecule has 1 aromatic heterocycles. The summed E-state index contributed by atoms with van der Waals surface area (Å²) in [6, 6.07) is 5.93. The highest BCUT2D eigenvalue weighted by molar-refractivity contribution is 5.20. The molecule has 21 heavy (non-hydrogen) atoms. The minimum absolute atomic E-state index is 0.154. The Morgan fingerprint density at radius 1 is 1.19 bits per heavy atom. The van der Waals surface area contributed by atoms with Gasteiger partial charge in [0.05, 0.1) is 0 Å². The molecule has 0 saturated carbocycles. The molecular formula is C16H17F2N3. The maximum absolute atomic E-state index is 13.7. The fourth-order valence-corrected chi connectivity index (χ4v) is 2.89. The van der Waals surface area contributed by atoms with E-state index in [4.69, 9.17) is 0 Å². The Hall–Kier alpha value is -1.88. The molecule has 1 saturated heterocycles. The molecule has 1 aliphatic rings. The summed E-state index contributed by atoms with van der Waals surface area (Å²) in [5, 5.41) is 0. The van der Waals surface area contributed by atoms with E-state index in [1.807, 2.05) is 6.07 Å². The summed E-state index contributed by atoms with van der Waals surface area (Å²) in [6.45, 7) is 1.93. The quantitative estimate of drug-likeness (QED) is 0.869. The molecule has 1 aromatic carbocycles. The molecule has 1 fully saturated rings. The Bertz CT molecular complexity index is 583. The lowest BCUT2D eigenvalue weighted by Gasteiger charge is -2.32. The lowest BCUT2D eigenvalue weighted by atomic mass is 9.94. The Morgan fingerprint density at radius 3 is 2.71 bits per heavy atom. The van der Waals surface area contributed by atoms with Crippen molar-refractivity contribution in [2.75, 3.05) is 13.1 Å². The van der Waals surface area contributed by atoms with Crippen LogP contribution in [0.5, 0.6) is 0 Å². The van der Waals surface area contributed by atoms with Crippen molar-refractivity contribution in [3.05, 3.63) is 59.7 Å². The van der Waals surface area contributed by atoms with Crippen molar-refractivity contribution in [1.82, 2.24) is 14.9 Å². The van der Waals surface area contributed by atoms with Gasteiger partial charge in [-0.25, -0.2) is 18.7 Å². The van der Waals surface area contributed by atoms with E-state index in [0.29, 0.717) is 12.5 Å². The number of hydrogen-bond acceptors (Lipinski definition) is 3. The predicted octanol–water partition coefficient (Wildman–Crippen LogP) is 3.13. The van der Waals surface area contributed by atoms with E-state index < -0.39 is 11.6 Å². The minimum Gasteiger partial charge on any atom is -0.298 e. The monoisotopic (exact) mass is 289 g/mol. The van der Waals surface area contributed by atoms with Gasteiger partial charge in [0.25, 0.3) is 0 Å². The first-order chi connectivity index (χ1) is 10.2. The molecule has 0 aliphatic carbocycles. The van der Waals surface area contributed by atoms with Gasteiger partial charge in [0, 0.05) is 36.5 Å². The third kappa shape index (κ3) is 3.24. The average molecular weight is 289 g/mol. The summed E-state index contributed by atoms with van der Waals surface area (Å²) < 4.78 is 27.5. The molecule has 1 aliphatic heterocycles. The summed E-state index contributed by atoms with van der Waals surface area (Å²) >= 11 is 0. The first kappa shape index (κ1) is 14.1. The highest BCUT2D eigenvalue weighted by Crippen LogP contribution is 2.26. The van der Waals surface area contributed by atoms with Crippen LogP contribution in [0.15, 0.2) is 36.8 Å². The fourth-order valence-electron chi connectivity index (χ4n) is 2.89. The third-order valence-electron chi connectivity index (χ3n) is 3.97. The van der Waals surface area contributed by atoms with E-state index in [9.17, 15) is 8.78 Å². The SMILES string of the molecule is Fc1cccc(F)c1CN1CCC[C@H](c2ccncn2)C1. The number of aromatic nitrogens is 2. The number of likely N-dealkylation sites (tertiary alicyclic amines) is 1. The van der Waals surface area contributed by atoms with Crippen molar-refractivity contribution in [2.24, 2.45) is 0 Å². The molecule has 0 amide bonds. The van der Waals surface area contributed by atoms with E-state index in [1.54, 1.807) is 12.5 Å². The number of rotatable bonds is 3.